The molecule has 0 saturated heterocycles. The highest BCUT2D eigenvalue weighted by molar-refractivity contribution is 9.10. The van der Waals surface area contributed by atoms with Gasteiger partial charge in [-0.3, -0.25) is 9.00 Å². The van der Waals surface area contributed by atoms with Gasteiger partial charge < -0.3 is 5.32 Å². The van der Waals surface area contributed by atoms with Gasteiger partial charge in [-0.25, -0.2) is 0 Å². The lowest BCUT2D eigenvalue weighted by Crippen LogP contribution is -2.36. The lowest BCUT2D eigenvalue weighted by atomic mass is 10.1. The number of carbonyl (C=O) groups is 1. The minimum absolute atomic E-state index is 0.103. The number of halogens is 1. The van der Waals surface area contributed by atoms with Crippen molar-refractivity contribution in [3.05, 3.63) is 46.4 Å². The van der Waals surface area contributed by atoms with Gasteiger partial charge in [-0.15, -0.1) is 0 Å². The van der Waals surface area contributed by atoms with Crippen LogP contribution in [0.4, 0.5) is 0 Å². The van der Waals surface area contributed by atoms with Crippen LogP contribution in [-0.4, -0.2) is 28.2 Å². The van der Waals surface area contributed by atoms with E-state index in [-0.39, 0.29) is 11.9 Å². The number of rotatable bonds is 4. The smallest absolute Gasteiger partial charge is 0.251 e. The lowest BCUT2D eigenvalue weighted by Gasteiger charge is -2.12. The van der Waals surface area contributed by atoms with Crippen LogP contribution in [0.3, 0.4) is 0 Å². The molecule has 0 bridgehead atoms. The van der Waals surface area contributed by atoms with Gasteiger partial charge in [0.25, 0.3) is 5.91 Å². The molecule has 0 aliphatic carbocycles. The fourth-order valence-corrected chi connectivity index (χ4v) is 3.22. The van der Waals surface area contributed by atoms with Crippen LogP contribution in [0.5, 0.6) is 0 Å². The van der Waals surface area contributed by atoms with Crippen LogP contribution in [0.15, 0.2) is 40.9 Å². The molecule has 1 N–H and O–H groups in total. The van der Waals surface area contributed by atoms with Gasteiger partial charge in [-0.05, 0) is 42.0 Å². The summed E-state index contributed by atoms with van der Waals surface area (Å²) in [6, 6.07) is 11.4. The maximum Gasteiger partial charge on any atom is 0.251 e. The zero-order valence-corrected chi connectivity index (χ0v) is 13.8. The Labute approximate surface area is 129 Å². The molecule has 0 aliphatic rings. The van der Waals surface area contributed by atoms with Crippen LogP contribution in [0.2, 0.25) is 0 Å². The summed E-state index contributed by atoms with van der Waals surface area (Å²) in [6.45, 7) is 1.86. The molecule has 3 nitrogen and oxygen atoms in total. The first-order valence-corrected chi connectivity index (χ1v) is 8.78. The predicted molar refractivity (Wildman–Crippen MR) is 87.5 cm³/mol. The minimum Gasteiger partial charge on any atom is -0.349 e. The Morgan fingerprint density at radius 2 is 1.90 bits per heavy atom. The highest BCUT2D eigenvalue weighted by atomic mass is 79.9. The molecule has 5 heteroatoms. The lowest BCUT2D eigenvalue weighted by molar-refractivity contribution is 0.0944. The summed E-state index contributed by atoms with van der Waals surface area (Å²) in [5, 5.41) is 4.97. The average molecular weight is 354 g/mol. The second kappa shape index (κ2) is 6.50. The topological polar surface area (TPSA) is 46.2 Å². The molecule has 2 unspecified atom stereocenters. The molecule has 2 rings (SSSR count). The summed E-state index contributed by atoms with van der Waals surface area (Å²) in [5.41, 5.74) is 0.619. The molecule has 1 amide bonds. The highest BCUT2D eigenvalue weighted by Gasteiger charge is 2.11. The highest BCUT2D eigenvalue weighted by Crippen LogP contribution is 2.21. The molecule has 106 valence electrons. The summed E-state index contributed by atoms with van der Waals surface area (Å²) in [5.74, 6) is 0.333. The molecule has 0 saturated carbocycles. The van der Waals surface area contributed by atoms with Gasteiger partial charge in [0.15, 0.2) is 0 Å². The Bertz CT molecular complexity index is 672. The average Bonchev–Trinajstić information content (AvgIpc) is 2.36. The molecule has 0 aliphatic heterocycles. The normalized spacial score (nSPS) is 13.9. The van der Waals surface area contributed by atoms with Gasteiger partial charge >= 0.3 is 0 Å². The first-order chi connectivity index (χ1) is 9.45. The zero-order chi connectivity index (χ0) is 14.7. The SMILES string of the molecule is CC(CS(C)=O)NC(=O)c1ccc2cc(Br)ccc2c1. The van der Waals surface area contributed by atoms with E-state index in [0.29, 0.717) is 11.3 Å². The third-order valence-electron chi connectivity index (χ3n) is 2.93. The van der Waals surface area contributed by atoms with Crippen LogP contribution in [0.25, 0.3) is 10.8 Å². The monoisotopic (exact) mass is 353 g/mol. The van der Waals surface area contributed by atoms with Crippen LogP contribution in [0.1, 0.15) is 17.3 Å². The number of fused-ring (bicyclic) bond motifs is 1. The van der Waals surface area contributed by atoms with E-state index in [0.717, 1.165) is 15.2 Å². The number of carbonyl (C=O) groups excluding carboxylic acids is 1. The molecule has 2 aromatic rings. The van der Waals surface area contributed by atoms with Crippen molar-refractivity contribution in [1.29, 1.82) is 0 Å². The molecule has 0 radical (unpaired) electrons. The van der Waals surface area contributed by atoms with Crippen LogP contribution in [0, 0.1) is 0 Å². The molecule has 20 heavy (non-hydrogen) atoms. The summed E-state index contributed by atoms with van der Waals surface area (Å²) >= 11 is 3.43. The van der Waals surface area contributed by atoms with Crippen LogP contribution >= 0.6 is 15.9 Å². The molecule has 2 aromatic carbocycles. The fourth-order valence-electron chi connectivity index (χ4n) is 2.06. The van der Waals surface area contributed by atoms with E-state index < -0.39 is 10.8 Å². The number of benzene rings is 2. The van der Waals surface area contributed by atoms with Crippen molar-refractivity contribution in [2.24, 2.45) is 0 Å². The van der Waals surface area contributed by atoms with Gasteiger partial charge in [-0.2, -0.15) is 0 Å². The van der Waals surface area contributed by atoms with Crippen molar-refractivity contribution in [3.63, 3.8) is 0 Å². The van der Waals surface area contributed by atoms with Crippen LogP contribution in [-0.2, 0) is 10.8 Å². The zero-order valence-electron chi connectivity index (χ0n) is 11.4. The number of nitrogens with one attached hydrogen (secondary N) is 1. The Morgan fingerprint density at radius 3 is 2.60 bits per heavy atom. The first-order valence-electron chi connectivity index (χ1n) is 6.26. The second-order valence-electron chi connectivity index (χ2n) is 4.82. The van der Waals surface area contributed by atoms with Crippen molar-refractivity contribution < 1.29 is 9.00 Å². The van der Waals surface area contributed by atoms with E-state index in [1.165, 1.54) is 0 Å². The summed E-state index contributed by atoms with van der Waals surface area (Å²) in [4.78, 5) is 12.1. The van der Waals surface area contributed by atoms with Crippen molar-refractivity contribution in [2.75, 3.05) is 12.0 Å². The Morgan fingerprint density at radius 1 is 1.25 bits per heavy atom. The first kappa shape index (κ1) is 15.2. The van der Waals surface area contributed by atoms with Crippen molar-refractivity contribution in [2.45, 2.75) is 13.0 Å². The van der Waals surface area contributed by atoms with Gasteiger partial charge in [0, 0.05) is 38.9 Å². The van der Waals surface area contributed by atoms with E-state index in [2.05, 4.69) is 21.2 Å². The molecule has 0 heterocycles. The van der Waals surface area contributed by atoms with E-state index in [1.54, 1.807) is 12.3 Å². The minimum atomic E-state index is -0.913. The molecule has 0 fully saturated rings. The Hall–Kier alpha value is -1.20. The third kappa shape index (κ3) is 3.90. The van der Waals surface area contributed by atoms with E-state index in [4.69, 9.17) is 0 Å². The summed E-state index contributed by atoms with van der Waals surface area (Å²) in [6.07, 6.45) is 1.64. The van der Waals surface area contributed by atoms with E-state index >= 15 is 0 Å². The Balaban J connectivity index is 2.18. The van der Waals surface area contributed by atoms with Gasteiger partial charge in [0.2, 0.25) is 0 Å². The number of hydrogen-bond donors (Lipinski definition) is 1. The largest absolute Gasteiger partial charge is 0.349 e. The Kier molecular flexibility index (Phi) is 4.94. The summed E-state index contributed by atoms with van der Waals surface area (Å²) in [7, 11) is -0.913. The molecule has 0 spiro atoms. The van der Waals surface area contributed by atoms with Crippen molar-refractivity contribution in [3.8, 4) is 0 Å². The molecule has 2 atom stereocenters. The second-order valence-corrected chi connectivity index (χ2v) is 7.22. The predicted octanol–water partition coefficient (Wildman–Crippen LogP) is 3.10. The van der Waals surface area contributed by atoms with Gasteiger partial charge in [-0.1, -0.05) is 28.1 Å². The molecular formula is C15H16BrNO2S. The molecule has 0 aromatic heterocycles. The number of hydrogen-bond acceptors (Lipinski definition) is 2. The standard InChI is InChI=1S/C15H16BrNO2S/c1-10(9-20(2)19)17-15(18)13-4-3-12-8-14(16)6-5-11(12)7-13/h3-8,10H,9H2,1-2H3,(H,17,18). The van der Waals surface area contributed by atoms with Gasteiger partial charge in [0.1, 0.15) is 0 Å². The maximum atomic E-state index is 12.1. The maximum absolute atomic E-state index is 12.1. The summed E-state index contributed by atoms with van der Waals surface area (Å²) < 4.78 is 12.1. The number of amides is 1. The van der Waals surface area contributed by atoms with E-state index in [1.807, 2.05) is 37.3 Å². The molecular weight excluding hydrogens is 338 g/mol. The van der Waals surface area contributed by atoms with Crippen molar-refractivity contribution >= 4 is 43.4 Å². The van der Waals surface area contributed by atoms with Crippen molar-refractivity contribution in [1.82, 2.24) is 5.32 Å². The van der Waals surface area contributed by atoms with E-state index in [9.17, 15) is 9.00 Å². The quantitative estimate of drug-likeness (QED) is 0.917. The van der Waals surface area contributed by atoms with Gasteiger partial charge in [0.05, 0.1) is 0 Å². The fraction of sp³-hybridized carbons (Fsp3) is 0.267. The van der Waals surface area contributed by atoms with Crippen LogP contribution < -0.4 is 5.32 Å². The third-order valence-corrected chi connectivity index (χ3v) is 4.39.